The SMILES string of the molecule is [C-]#[N+]C1=C(C)NC(c2ccc(Cl)nc2)=C(C#N)C1c1ccc2[nH]ncc2c1. The first-order valence-electron chi connectivity index (χ1n) is 8.17. The number of fused-ring (bicyclic) bond motifs is 1. The summed E-state index contributed by atoms with van der Waals surface area (Å²) in [4.78, 5) is 7.83. The molecule has 0 spiro atoms. The summed E-state index contributed by atoms with van der Waals surface area (Å²) >= 11 is 5.89. The molecule has 7 heteroatoms. The predicted octanol–water partition coefficient (Wildman–Crippen LogP) is 4.38. The Bertz CT molecular complexity index is 1190. The quantitative estimate of drug-likeness (QED) is 0.516. The van der Waals surface area contributed by atoms with Crippen molar-refractivity contribution in [3.05, 3.63) is 87.4 Å². The van der Waals surface area contributed by atoms with E-state index in [1.165, 1.54) is 0 Å². The van der Waals surface area contributed by atoms with Gasteiger partial charge in [-0.2, -0.15) is 10.4 Å². The zero-order valence-electron chi connectivity index (χ0n) is 14.3. The number of dihydropyridines is 1. The van der Waals surface area contributed by atoms with E-state index in [1.807, 2.05) is 25.1 Å². The molecule has 130 valence electrons. The van der Waals surface area contributed by atoms with E-state index < -0.39 is 5.92 Å². The van der Waals surface area contributed by atoms with Crippen molar-refractivity contribution in [1.29, 1.82) is 5.26 Å². The summed E-state index contributed by atoms with van der Waals surface area (Å²) in [6.45, 7) is 9.49. The van der Waals surface area contributed by atoms with Gasteiger partial charge in [-0.05, 0) is 36.8 Å². The summed E-state index contributed by atoms with van der Waals surface area (Å²) in [6, 6.07) is 11.6. The lowest BCUT2D eigenvalue weighted by molar-refractivity contribution is 0.874. The molecule has 1 aliphatic rings. The summed E-state index contributed by atoms with van der Waals surface area (Å²) in [5, 5.41) is 21.4. The lowest BCUT2D eigenvalue weighted by Gasteiger charge is -2.27. The summed E-state index contributed by atoms with van der Waals surface area (Å²) < 4.78 is 0. The third-order valence-corrected chi connectivity index (χ3v) is 4.81. The van der Waals surface area contributed by atoms with E-state index in [9.17, 15) is 5.26 Å². The molecule has 0 bridgehead atoms. The van der Waals surface area contributed by atoms with Gasteiger partial charge in [0.15, 0.2) is 5.70 Å². The second-order valence-electron chi connectivity index (χ2n) is 6.17. The van der Waals surface area contributed by atoms with Crippen molar-refractivity contribution in [2.75, 3.05) is 0 Å². The average Bonchev–Trinajstić information content (AvgIpc) is 3.15. The molecule has 0 saturated carbocycles. The summed E-state index contributed by atoms with van der Waals surface area (Å²) in [5.41, 5.74) is 4.84. The van der Waals surface area contributed by atoms with Crippen LogP contribution in [0.4, 0.5) is 0 Å². The van der Waals surface area contributed by atoms with Gasteiger partial charge in [0.25, 0.3) is 0 Å². The Labute approximate surface area is 160 Å². The monoisotopic (exact) mass is 372 g/mol. The zero-order chi connectivity index (χ0) is 19.0. The number of nitrogens with zero attached hydrogens (tertiary/aromatic N) is 4. The van der Waals surface area contributed by atoms with E-state index >= 15 is 0 Å². The molecule has 0 saturated heterocycles. The van der Waals surface area contributed by atoms with Crippen LogP contribution >= 0.6 is 11.6 Å². The van der Waals surface area contributed by atoms with Gasteiger partial charge in [0, 0.05) is 22.8 Å². The van der Waals surface area contributed by atoms with Gasteiger partial charge in [-0.1, -0.05) is 17.7 Å². The van der Waals surface area contributed by atoms with E-state index in [0.717, 1.165) is 22.0 Å². The first kappa shape index (κ1) is 16.8. The van der Waals surface area contributed by atoms with Gasteiger partial charge in [-0.15, -0.1) is 0 Å². The van der Waals surface area contributed by atoms with Crippen LogP contribution in [0.25, 0.3) is 21.4 Å². The minimum Gasteiger partial charge on any atom is -0.368 e. The lowest BCUT2D eigenvalue weighted by atomic mass is 9.83. The molecule has 27 heavy (non-hydrogen) atoms. The van der Waals surface area contributed by atoms with Crippen LogP contribution in [0.5, 0.6) is 0 Å². The maximum Gasteiger partial charge on any atom is 0.196 e. The number of rotatable bonds is 2. The molecule has 0 amide bonds. The Morgan fingerprint density at radius 3 is 2.81 bits per heavy atom. The summed E-state index contributed by atoms with van der Waals surface area (Å²) in [5.74, 6) is -0.460. The zero-order valence-corrected chi connectivity index (χ0v) is 15.0. The van der Waals surface area contributed by atoms with Crippen LogP contribution in [0.2, 0.25) is 5.15 Å². The Hall–Kier alpha value is -3.61. The fourth-order valence-corrected chi connectivity index (χ4v) is 3.41. The van der Waals surface area contributed by atoms with Gasteiger partial charge >= 0.3 is 0 Å². The van der Waals surface area contributed by atoms with Gasteiger partial charge in [0.05, 0.1) is 41.5 Å². The number of nitrogens with one attached hydrogen (secondary N) is 2. The first-order chi connectivity index (χ1) is 13.1. The molecular weight excluding hydrogens is 360 g/mol. The maximum absolute atomic E-state index is 9.94. The fraction of sp³-hybridized carbons (Fsp3) is 0.100. The summed E-state index contributed by atoms with van der Waals surface area (Å²) in [6.07, 6.45) is 3.35. The molecule has 0 fully saturated rings. The van der Waals surface area contributed by atoms with Crippen LogP contribution in [0.3, 0.4) is 0 Å². The molecular formula is C20H13ClN6. The molecule has 2 N–H and O–H groups in total. The van der Waals surface area contributed by atoms with E-state index in [-0.39, 0.29) is 0 Å². The van der Waals surface area contributed by atoms with Crippen LogP contribution in [0.15, 0.2) is 59.7 Å². The van der Waals surface area contributed by atoms with Crippen molar-refractivity contribution >= 4 is 28.2 Å². The number of benzene rings is 1. The highest BCUT2D eigenvalue weighted by atomic mass is 35.5. The van der Waals surface area contributed by atoms with Crippen LogP contribution in [-0.2, 0) is 0 Å². The molecule has 2 aromatic heterocycles. The van der Waals surface area contributed by atoms with Crippen LogP contribution in [-0.4, -0.2) is 15.2 Å². The topological polar surface area (TPSA) is 81.8 Å². The first-order valence-corrected chi connectivity index (χ1v) is 8.54. The normalized spacial score (nSPS) is 16.8. The predicted molar refractivity (Wildman–Crippen MR) is 103 cm³/mol. The molecule has 3 aromatic rings. The van der Waals surface area contributed by atoms with Gasteiger partial charge in [0.2, 0.25) is 0 Å². The number of allylic oxidation sites excluding steroid dienone is 2. The number of pyridine rings is 1. The Morgan fingerprint density at radius 2 is 2.11 bits per heavy atom. The number of nitriles is 1. The van der Waals surface area contributed by atoms with Crippen LogP contribution in [0, 0.1) is 17.9 Å². The molecule has 0 radical (unpaired) electrons. The lowest BCUT2D eigenvalue weighted by Crippen LogP contribution is -2.23. The van der Waals surface area contributed by atoms with Crippen molar-refractivity contribution in [2.45, 2.75) is 12.8 Å². The second kappa shape index (κ2) is 6.60. The largest absolute Gasteiger partial charge is 0.368 e. The highest BCUT2D eigenvalue weighted by Gasteiger charge is 2.32. The van der Waals surface area contributed by atoms with Crippen molar-refractivity contribution in [3.63, 3.8) is 0 Å². The minimum atomic E-state index is -0.460. The summed E-state index contributed by atoms with van der Waals surface area (Å²) in [7, 11) is 0. The van der Waals surface area contributed by atoms with Crippen molar-refractivity contribution < 1.29 is 0 Å². The van der Waals surface area contributed by atoms with E-state index in [2.05, 4.69) is 31.4 Å². The standard InChI is InChI=1S/C20H13ClN6/c1-11-19(23-2)18(12-3-5-16-14(7-12)10-25-27-16)15(8-22)20(26-11)13-4-6-17(21)24-9-13/h3-7,9-10,18,26H,1H3,(H,25,27). The smallest absolute Gasteiger partial charge is 0.196 e. The van der Waals surface area contributed by atoms with E-state index in [1.54, 1.807) is 24.5 Å². The number of aromatic nitrogens is 3. The Kier molecular flexibility index (Phi) is 4.12. The molecule has 1 aromatic carbocycles. The molecule has 1 aliphatic heterocycles. The highest BCUT2D eigenvalue weighted by molar-refractivity contribution is 6.29. The van der Waals surface area contributed by atoms with Crippen molar-refractivity contribution in [3.8, 4) is 6.07 Å². The van der Waals surface area contributed by atoms with Crippen molar-refractivity contribution in [1.82, 2.24) is 20.5 Å². The fourth-order valence-electron chi connectivity index (χ4n) is 3.30. The number of hydrogen-bond acceptors (Lipinski definition) is 4. The van der Waals surface area contributed by atoms with E-state index in [0.29, 0.717) is 27.8 Å². The van der Waals surface area contributed by atoms with Crippen LogP contribution in [0.1, 0.15) is 24.0 Å². The van der Waals surface area contributed by atoms with Gasteiger partial charge < -0.3 is 5.32 Å². The molecule has 1 atom stereocenters. The number of H-pyrrole nitrogens is 1. The molecule has 4 rings (SSSR count). The number of halogens is 1. The molecule has 6 nitrogen and oxygen atoms in total. The Morgan fingerprint density at radius 1 is 1.26 bits per heavy atom. The number of aromatic amines is 1. The third-order valence-electron chi connectivity index (χ3n) is 4.58. The van der Waals surface area contributed by atoms with Gasteiger partial charge in [-0.25, -0.2) is 9.83 Å². The van der Waals surface area contributed by atoms with Crippen LogP contribution < -0.4 is 5.32 Å². The molecule has 1 unspecified atom stereocenters. The Balaban J connectivity index is 1.94. The van der Waals surface area contributed by atoms with Crippen molar-refractivity contribution in [2.24, 2.45) is 0 Å². The number of hydrogen-bond donors (Lipinski definition) is 2. The average molecular weight is 373 g/mol. The third kappa shape index (κ3) is 2.83. The minimum absolute atomic E-state index is 0.379. The molecule has 3 heterocycles. The second-order valence-corrected chi connectivity index (χ2v) is 6.55. The maximum atomic E-state index is 9.94. The van der Waals surface area contributed by atoms with Gasteiger partial charge in [0.1, 0.15) is 5.15 Å². The van der Waals surface area contributed by atoms with Gasteiger partial charge in [-0.3, -0.25) is 5.10 Å². The van der Waals surface area contributed by atoms with E-state index in [4.69, 9.17) is 18.2 Å². The molecule has 0 aliphatic carbocycles. The highest BCUT2D eigenvalue weighted by Crippen LogP contribution is 2.41.